The highest BCUT2D eigenvalue weighted by molar-refractivity contribution is 7.92. The summed E-state index contributed by atoms with van der Waals surface area (Å²) in [6.45, 7) is 3.59. The van der Waals surface area contributed by atoms with Gasteiger partial charge in [0, 0.05) is 43.7 Å². The standard InChI is InChI=1S/C27H30N4O5S2/c1-29-13-12-22-23(18-29)37-26(24(22)27(33)31-14-16-36-17-15-31)28-25(32)19-8-10-21(11-9-19)38(34,35)30(2)20-6-4-3-5-7-20/h3-11H,12-18H2,1-2H3,(H,28,32). The van der Waals surface area contributed by atoms with Crippen LogP contribution in [0, 0.1) is 0 Å². The topological polar surface area (TPSA) is 99.3 Å². The normalized spacial score (nSPS) is 16.1. The zero-order valence-electron chi connectivity index (χ0n) is 21.3. The lowest BCUT2D eigenvalue weighted by atomic mass is 10.0. The molecule has 0 aliphatic carbocycles. The van der Waals surface area contributed by atoms with Crippen molar-refractivity contribution in [2.24, 2.45) is 0 Å². The van der Waals surface area contributed by atoms with Crippen LogP contribution in [0.1, 0.15) is 31.2 Å². The summed E-state index contributed by atoms with van der Waals surface area (Å²) in [5.41, 5.74) is 2.42. The van der Waals surface area contributed by atoms with Crippen LogP contribution in [0.25, 0.3) is 0 Å². The Bertz CT molecular complexity index is 1430. The third-order valence-corrected chi connectivity index (χ3v) is 9.81. The number of rotatable bonds is 6. The van der Waals surface area contributed by atoms with E-state index >= 15 is 0 Å². The molecule has 2 aliphatic heterocycles. The number of benzene rings is 2. The maximum absolute atomic E-state index is 13.5. The monoisotopic (exact) mass is 554 g/mol. The van der Waals surface area contributed by atoms with Crippen molar-refractivity contribution >= 4 is 43.9 Å². The van der Waals surface area contributed by atoms with Gasteiger partial charge < -0.3 is 19.9 Å². The van der Waals surface area contributed by atoms with Crippen LogP contribution in [0.2, 0.25) is 0 Å². The molecule has 0 unspecified atom stereocenters. The summed E-state index contributed by atoms with van der Waals surface area (Å²) >= 11 is 1.44. The number of amides is 2. The molecule has 0 atom stereocenters. The number of para-hydroxylation sites is 1. The molecular weight excluding hydrogens is 524 g/mol. The number of ether oxygens (including phenoxy) is 1. The molecule has 1 fully saturated rings. The Labute approximate surface area is 226 Å². The molecule has 200 valence electrons. The van der Waals surface area contributed by atoms with Gasteiger partial charge in [0.05, 0.1) is 29.4 Å². The number of fused-ring (bicyclic) bond motifs is 1. The molecule has 2 aromatic carbocycles. The maximum Gasteiger partial charge on any atom is 0.264 e. The summed E-state index contributed by atoms with van der Waals surface area (Å²) in [6, 6.07) is 14.6. The van der Waals surface area contributed by atoms with Crippen LogP contribution in [0.15, 0.2) is 59.5 Å². The van der Waals surface area contributed by atoms with Crippen LogP contribution < -0.4 is 9.62 Å². The fraction of sp³-hybridized carbons (Fsp3) is 0.333. The summed E-state index contributed by atoms with van der Waals surface area (Å²) in [5.74, 6) is -0.482. The molecule has 9 nitrogen and oxygen atoms in total. The molecule has 1 saturated heterocycles. The van der Waals surface area contributed by atoms with Gasteiger partial charge in [-0.15, -0.1) is 11.3 Å². The number of thiophene rings is 1. The van der Waals surface area contributed by atoms with E-state index in [0.717, 1.165) is 30.0 Å². The van der Waals surface area contributed by atoms with Gasteiger partial charge in [0.1, 0.15) is 5.00 Å². The predicted octanol–water partition coefficient (Wildman–Crippen LogP) is 3.29. The van der Waals surface area contributed by atoms with Crippen LogP contribution in [0.4, 0.5) is 10.7 Å². The lowest BCUT2D eigenvalue weighted by Gasteiger charge is -2.28. The van der Waals surface area contributed by atoms with Gasteiger partial charge in [-0.25, -0.2) is 8.42 Å². The largest absolute Gasteiger partial charge is 0.378 e. The molecule has 0 spiro atoms. The van der Waals surface area contributed by atoms with E-state index in [4.69, 9.17) is 4.74 Å². The van der Waals surface area contributed by atoms with Crippen molar-refractivity contribution in [3.8, 4) is 0 Å². The van der Waals surface area contributed by atoms with Gasteiger partial charge >= 0.3 is 0 Å². The number of sulfonamides is 1. The zero-order chi connectivity index (χ0) is 26.9. The predicted molar refractivity (Wildman–Crippen MR) is 148 cm³/mol. The average molecular weight is 555 g/mol. The molecule has 1 N–H and O–H groups in total. The molecule has 0 radical (unpaired) electrons. The van der Waals surface area contributed by atoms with Crippen molar-refractivity contribution in [3.05, 3.63) is 76.2 Å². The summed E-state index contributed by atoms with van der Waals surface area (Å²) in [5, 5.41) is 3.48. The van der Waals surface area contributed by atoms with Gasteiger partial charge in [-0.2, -0.15) is 0 Å². The van der Waals surface area contributed by atoms with Crippen molar-refractivity contribution in [2.45, 2.75) is 17.9 Å². The Morgan fingerprint density at radius 2 is 1.68 bits per heavy atom. The van der Waals surface area contributed by atoms with E-state index in [2.05, 4.69) is 10.2 Å². The second-order valence-electron chi connectivity index (χ2n) is 9.39. The third-order valence-electron chi connectivity index (χ3n) is 6.88. The summed E-state index contributed by atoms with van der Waals surface area (Å²) < 4.78 is 32.8. The van der Waals surface area contributed by atoms with E-state index in [1.165, 1.54) is 47.0 Å². The highest BCUT2D eigenvalue weighted by atomic mass is 32.2. The molecule has 2 amide bonds. The first kappa shape index (κ1) is 26.4. The number of hydrogen-bond acceptors (Lipinski definition) is 7. The van der Waals surface area contributed by atoms with Crippen LogP contribution in [-0.4, -0.2) is 77.0 Å². The van der Waals surface area contributed by atoms with Crippen LogP contribution in [-0.2, 0) is 27.7 Å². The summed E-state index contributed by atoms with van der Waals surface area (Å²) in [4.78, 5) is 31.9. The van der Waals surface area contributed by atoms with Gasteiger partial charge in [-0.1, -0.05) is 18.2 Å². The number of carbonyl (C=O) groups excluding carboxylic acids is 2. The first-order chi connectivity index (χ1) is 18.3. The van der Waals surface area contributed by atoms with E-state index in [9.17, 15) is 18.0 Å². The van der Waals surface area contributed by atoms with E-state index in [-0.39, 0.29) is 10.8 Å². The zero-order valence-corrected chi connectivity index (χ0v) is 23.0. The van der Waals surface area contributed by atoms with Crippen LogP contribution in [0.5, 0.6) is 0 Å². The van der Waals surface area contributed by atoms with Gasteiger partial charge in [0.2, 0.25) is 0 Å². The van der Waals surface area contributed by atoms with E-state index in [1.807, 2.05) is 13.1 Å². The fourth-order valence-corrected chi connectivity index (χ4v) is 7.17. The Balaban J connectivity index is 1.39. The lowest BCUT2D eigenvalue weighted by Crippen LogP contribution is -2.41. The Hall–Kier alpha value is -3.25. The third kappa shape index (κ3) is 5.19. The van der Waals surface area contributed by atoms with Crippen LogP contribution in [0.3, 0.4) is 0 Å². The summed E-state index contributed by atoms with van der Waals surface area (Å²) in [7, 11) is -0.261. The molecule has 38 heavy (non-hydrogen) atoms. The molecular formula is C27H30N4O5S2. The molecule has 11 heteroatoms. The maximum atomic E-state index is 13.5. The van der Waals surface area contributed by atoms with Crippen LogP contribution >= 0.6 is 11.3 Å². The van der Waals surface area contributed by atoms with Crippen molar-refractivity contribution in [1.82, 2.24) is 9.80 Å². The molecule has 2 aliphatic rings. The molecule has 3 aromatic rings. The molecule has 0 saturated carbocycles. The fourth-order valence-electron chi connectivity index (χ4n) is 4.66. The van der Waals surface area contributed by atoms with E-state index in [0.29, 0.717) is 48.1 Å². The Morgan fingerprint density at radius 3 is 2.37 bits per heavy atom. The van der Waals surface area contributed by atoms with Gasteiger partial charge in [-0.05, 0) is 55.4 Å². The van der Waals surface area contributed by atoms with Crippen molar-refractivity contribution in [1.29, 1.82) is 0 Å². The Morgan fingerprint density at radius 1 is 1.00 bits per heavy atom. The SMILES string of the molecule is CN1CCc2c(sc(NC(=O)c3ccc(S(=O)(=O)N(C)c4ccccc4)cc3)c2C(=O)N2CCOCC2)C1. The molecule has 5 rings (SSSR count). The van der Waals surface area contributed by atoms with E-state index in [1.54, 1.807) is 29.2 Å². The Kier molecular flexibility index (Phi) is 7.53. The van der Waals surface area contributed by atoms with Gasteiger partial charge in [-0.3, -0.25) is 13.9 Å². The van der Waals surface area contributed by atoms with Crippen molar-refractivity contribution in [3.63, 3.8) is 0 Å². The number of hydrogen-bond donors (Lipinski definition) is 1. The first-order valence-electron chi connectivity index (χ1n) is 12.4. The molecule has 0 bridgehead atoms. The second-order valence-corrected chi connectivity index (χ2v) is 12.5. The number of nitrogens with zero attached hydrogens (tertiary/aromatic N) is 3. The number of nitrogens with one attached hydrogen (secondary N) is 1. The minimum absolute atomic E-state index is 0.0817. The number of anilines is 2. The first-order valence-corrected chi connectivity index (χ1v) is 14.7. The molecule has 1 aromatic heterocycles. The average Bonchev–Trinajstić information content (AvgIpc) is 3.29. The summed E-state index contributed by atoms with van der Waals surface area (Å²) in [6.07, 6.45) is 0.741. The number of carbonyl (C=O) groups is 2. The lowest BCUT2D eigenvalue weighted by molar-refractivity contribution is 0.0303. The quantitative estimate of drug-likeness (QED) is 0.502. The molecule has 3 heterocycles. The van der Waals surface area contributed by atoms with Crippen molar-refractivity contribution < 1.29 is 22.7 Å². The highest BCUT2D eigenvalue weighted by Crippen LogP contribution is 2.38. The smallest absolute Gasteiger partial charge is 0.264 e. The number of likely N-dealkylation sites (N-methyl/N-ethyl adjacent to an activating group) is 1. The van der Waals surface area contributed by atoms with Gasteiger partial charge in [0.15, 0.2) is 0 Å². The highest BCUT2D eigenvalue weighted by Gasteiger charge is 2.31. The van der Waals surface area contributed by atoms with Crippen molar-refractivity contribution in [2.75, 3.05) is 56.6 Å². The minimum Gasteiger partial charge on any atom is -0.378 e. The number of morpholine rings is 1. The van der Waals surface area contributed by atoms with Gasteiger partial charge in [0.25, 0.3) is 21.8 Å². The minimum atomic E-state index is -3.79. The second kappa shape index (κ2) is 10.9. The van der Waals surface area contributed by atoms with E-state index < -0.39 is 15.9 Å².